The topological polar surface area (TPSA) is 46.6 Å². The minimum Gasteiger partial charge on any atom is -0.379 e. The first kappa shape index (κ1) is 16.7. The van der Waals surface area contributed by atoms with Crippen LogP contribution in [-0.4, -0.2) is 45.4 Å². The van der Waals surface area contributed by atoms with Gasteiger partial charge in [0.2, 0.25) is 10.0 Å². The summed E-state index contributed by atoms with van der Waals surface area (Å²) in [7, 11) is -2.46. The van der Waals surface area contributed by atoms with Gasteiger partial charge in [0.15, 0.2) is 0 Å². The van der Waals surface area contributed by atoms with Crippen molar-refractivity contribution < 1.29 is 17.5 Å². The average molecular weight is 330 g/mol. The number of alkyl halides is 1. The molecule has 8 heteroatoms. The normalized spacial score (nSPS) is 12.1. The van der Waals surface area contributed by atoms with Crippen molar-refractivity contribution in [2.24, 2.45) is 0 Å². The van der Waals surface area contributed by atoms with Crippen molar-refractivity contribution in [1.82, 2.24) is 4.31 Å². The van der Waals surface area contributed by atoms with Gasteiger partial charge in [-0.1, -0.05) is 11.6 Å². The molecule has 1 aromatic carbocycles. The molecule has 0 bridgehead atoms. The van der Waals surface area contributed by atoms with E-state index < -0.39 is 15.8 Å². The van der Waals surface area contributed by atoms with E-state index >= 15 is 0 Å². The molecule has 19 heavy (non-hydrogen) atoms. The zero-order valence-corrected chi connectivity index (χ0v) is 12.6. The molecule has 0 N–H and O–H groups in total. The molecular formula is C11H14Cl2FNO3S. The highest BCUT2D eigenvalue weighted by molar-refractivity contribution is 7.89. The lowest BCUT2D eigenvalue weighted by atomic mass is 10.3. The molecule has 0 saturated carbocycles. The van der Waals surface area contributed by atoms with Gasteiger partial charge in [0.25, 0.3) is 0 Å². The Balaban J connectivity index is 2.82. The molecule has 0 amide bonds. The van der Waals surface area contributed by atoms with Crippen LogP contribution in [0.1, 0.15) is 0 Å². The molecule has 4 nitrogen and oxygen atoms in total. The minimum absolute atomic E-state index is 0.0186. The Morgan fingerprint density at radius 3 is 2.68 bits per heavy atom. The Kier molecular flexibility index (Phi) is 6.49. The monoisotopic (exact) mass is 329 g/mol. The lowest BCUT2D eigenvalue weighted by Gasteiger charge is -2.17. The first-order valence-electron chi connectivity index (χ1n) is 5.44. The van der Waals surface area contributed by atoms with Gasteiger partial charge < -0.3 is 4.74 Å². The smallest absolute Gasteiger partial charge is 0.244 e. The van der Waals surface area contributed by atoms with Gasteiger partial charge in [-0.15, -0.1) is 11.6 Å². The fourth-order valence-corrected chi connectivity index (χ4v) is 3.06. The Morgan fingerprint density at radius 2 is 2.05 bits per heavy atom. The molecule has 1 aromatic rings. The molecule has 0 aliphatic carbocycles. The van der Waals surface area contributed by atoms with Crippen molar-refractivity contribution in [2.75, 3.05) is 32.7 Å². The SMILES string of the molecule is CN(CCOCCCl)S(=O)(=O)c1cc(F)ccc1Cl. The van der Waals surface area contributed by atoms with E-state index in [1.165, 1.54) is 13.1 Å². The number of sulfonamides is 1. The van der Waals surface area contributed by atoms with Gasteiger partial charge in [-0.25, -0.2) is 12.8 Å². The number of halogens is 3. The summed E-state index contributed by atoms with van der Waals surface area (Å²) in [6.07, 6.45) is 0. The molecule has 108 valence electrons. The first-order valence-corrected chi connectivity index (χ1v) is 7.80. The van der Waals surface area contributed by atoms with Crippen molar-refractivity contribution in [3.8, 4) is 0 Å². The number of rotatable bonds is 7. The number of benzene rings is 1. The summed E-state index contributed by atoms with van der Waals surface area (Å²) in [5, 5.41) is -0.0186. The predicted octanol–water partition coefficient (Wildman–Crippen LogP) is 2.36. The van der Waals surface area contributed by atoms with Crippen LogP contribution < -0.4 is 0 Å². The van der Waals surface area contributed by atoms with E-state index in [4.69, 9.17) is 27.9 Å². The van der Waals surface area contributed by atoms with Gasteiger partial charge in [-0.2, -0.15) is 4.31 Å². The fraction of sp³-hybridized carbons (Fsp3) is 0.455. The van der Waals surface area contributed by atoms with Crippen molar-refractivity contribution in [3.05, 3.63) is 29.0 Å². The Hall–Kier alpha value is -0.400. The van der Waals surface area contributed by atoms with Crippen LogP contribution in [0, 0.1) is 5.82 Å². The molecule has 0 atom stereocenters. The second kappa shape index (κ2) is 7.40. The summed E-state index contributed by atoms with van der Waals surface area (Å²) in [5.41, 5.74) is 0. The van der Waals surface area contributed by atoms with Crippen molar-refractivity contribution in [3.63, 3.8) is 0 Å². The maximum absolute atomic E-state index is 13.1. The third kappa shape index (κ3) is 4.57. The second-order valence-electron chi connectivity index (χ2n) is 3.70. The van der Waals surface area contributed by atoms with Gasteiger partial charge in [0.05, 0.1) is 18.2 Å². The van der Waals surface area contributed by atoms with Gasteiger partial charge in [0, 0.05) is 19.5 Å². The molecule has 1 rings (SSSR count). The molecule has 0 aliphatic rings. The zero-order chi connectivity index (χ0) is 14.5. The fourth-order valence-electron chi connectivity index (χ4n) is 1.31. The van der Waals surface area contributed by atoms with E-state index in [1.807, 2.05) is 0 Å². The van der Waals surface area contributed by atoms with Crippen LogP contribution in [0.2, 0.25) is 5.02 Å². The number of likely N-dealkylation sites (N-methyl/N-ethyl adjacent to an activating group) is 1. The lowest BCUT2D eigenvalue weighted by Crippen LogP contribution is -2.30. The third-order valence-electron chi connectivity index (χ3n) is 2.35. The molecule has 0 unspecified atom stereocenters. The van der Waals surface area contributed by atoms with Gasteiger partial charge >= 0.3 is 0 Å². The van der Waals surface area contributed by atoms with E-state index in [9.17, 15) is 12.8 Å². The summed E-state index contributed by atoms with van der Waals surface area (Å²) in [4.78, 5) is -0.256. The van der Waals surface area contributed by atoms with Crippen LogP contribution in [0.15, 0.2) is 23.1 Å². The highest BCUT2D eigenvalue weighted by Gasteiger charge is 2.23. The Bertz CT molecular complexity index is 525. The molecule has 0 saturated heterocycles. The standard InChI is InChI=1S/C11H14Cl2FNO3S/c1-15(5-7-18-6-4-12)19(16,17)11-8-9(14)2-3-10(11)13/h2-3,8H,4-7H2,1H3. The summed E-state index contributed by atoms with van der Waals surface area (Å²) in [5.74, 6) is -0.318. The van der Waals surface area contributed by atoms with Crippen LogP contribution in [0.25, 0.3) is 0 Å². The molecule has 0 fully saturated rings. The van der Waals surface area contributed by atoms with Crippen LogP contribution in [0.4, 0.5) is 4.39 Å². The van der Waals surface area contributed by atoms with Crippen molar-refractivity contribution in [2.45, 2.75) is 4.90 Å². The summed E-state index contributed by atoms with van der Waals surface area (Å²) >= 11 is 11.2. The van der Waals surface area contributed by atoms with Crippen LogP contribution in [0.3, 0.4) is 0 Å². The van der Waals surface area contributed by atoms with Crippen LogP contribution in [-0.2, 0) is 14.8 Å². The number of hydrogen-bond acceptors (Lipinski definition) is 3. The predicted molar refractivity (Wildman–Crippen MR) is 72.8 cm³/mol. The quantitative estimate of drug-likeness (QED) is 0.570. The highest BCUT2D eigenvalue weighted by atomic mass is 35.5. The molecule has 0 aromatic heterocycles. The summed E-state index contributed by atoms with van der Waals surface area (Å²) < 4.78 is 43.6. The Labute approximate surface area is 122 Å². The largest absolute Gasteiger partial charge is 0.379 e. The van der Waals surface area contributed by atoms with E-state index in [0.29, 0.717) is 12.5 Å². The van der Waals surface area contributed by atoms with E-state index in [2.05, 4.69) is 0 Å². The summed E-state index contributed by atoms with van der Waals surface area (Å²) in [6, 6.07) is 3.21. The molecule has 0 spiro atoms. The van der Waals surface area contributed by atoms with Crippen LogP contribution >= 0.6 is 23.2 Å². The maximum Gasteiger partial charge on any atom is 0.244 e. The van der Waals surface area contributed by atoms with E-state index in [-0.39, 0.29) is 23.1 Å². The van der Waals surface area contributed by atoms with Gasteiger partial charge in [-0.3, -0.25) is 0 Å². The first-order chi connectivity index (χ1) is 8.89. The second-order valence-corrected chi connectivity index (χ2v) is 6.50. The molecule has 0 heterocycles. The minimum atomic E-state index is -3.83. The molecule has 0 aliphatic heterocycles. The van der Waals surface area contributed by atoms with Crippen molar-refractivity contribution in [1.29, 1.82) is 0 Å². The number of hydrogen-bond donors (Lipinski definition) is 0. The van der Waals surface area contributed by atoms with E-state index in [0.717, 1.165) is 16.4 Å². The lowest BCUT2D eigenvalue weighted by molar-refractivity contribution is 0.140. The number of ether oxygens (including phenoxy) is 1. The maximum atomic E-state index is 13.1. The van der Waals surface area contributed by atoms with Gasteiger partial charge in [-0.05, 0) is 18.2 Å². The zero-order valence-electron chi connectivity index (χ0n) is 10.3. The average Bonchev–Trinajstić information content (AvgIpc) is 2.37. The number of nitrogens with zero attached hydrogens (tertiary/aromatic N) is 1. The third-order valence-corrected chi connectivity index (χ3v) is 4.85. The van der Waals surface area contributed by atoms with Gasteiger partial charge in [0.1, 0.15) is 10.7 Å². The van der Waals surface area contributed by atoms with Crippen LogP contribution in [0.5, 0.6) is 0 Å². The molecule has 0 radical (unpaired) electrons. The highest BCUT2D eigenvalue weighted by Crippen LogP contribution is 2.24. The summed E-state index contributed by atoms with van der Waals surface area (Å²) in [6.45, 7) is 0.678. The van der Waals surface area contributed by atoms with E-state index in [1.54, 1.807) is 0 Å². The van der Waals surface area contributed by atoms with Crippen molar-refractivity contribution >= 4 is 33.2 Å². The Morgan fingerprint density at radius 1 is 1.37 bits per heavy atom. The molecular weight excluding hydrogens is 316 g/mol.